The molecule has 1 unspecified atom stereocenters. The van der Waals surface area contributed by atoms with Crippen LogP contribution in [0.5, 0.6) is 0 Å². The number of nitrogens with zero attached hydrogens (tertiary/aromatic N) is 1. The minimum absolute atomic E-state index is 0.0879. The van der Waals surface area contributed by atoms with Crippen LogP contribution in [0.3, 0.4) is 0 Å². The predicted octanol–water partition coefficient (Wildman–Crippen LogP) is 3.66. The average molecular weight is 284 g/mol. The molecule has 1 atom stereocenters. The van der Waals surface area contributed by atoms with Gasteiger partial charge in [0.15, 0.2) is 0 Å². The quantitative estimate of drug-likeness (QED) is 0.784. The Bertz CT molecular complexity index is 377. The van der Waals surface area contributed by atoms with Crippen LogP contribution in [0.15, 0.2) is 24.3 Å². The lowest BCUT2D eigenvalue weighted by Gasteiger charge is -2.25. The summed E-state index contributed by atoms with van der Waals surface area (Å²) in [5, 5.41) is 3.37. The van der Waals surface area contributed by atoms with Crippen LogP contribution in [-0.4, -0.2) is 38.0 Å². The summed E-state index contributed by atoms with van der Waals surface area (Å²) < 4.78 is 24.8. The summed E-state index contributed by atoms with van der Waals surface area (Å²) in [5.74, 6) is 0.503. The van der Waals surface area contributed by atoms with Gasteiger partial charge in [-0.25, -0.2) is 8.78 Å². The zero-order chi connectivity index (χ0) is 15.1. The Hall–Kier alpha value is -1.00. The van der Waals surface area contributed by atoms with Gasteiger partial charge >= 0.3 is 0 Å². The second-order valence-corrected chi connectivity index (χ2v) is 5.54. The van der Waals surface area contributed by atoms with E-state index in [1.807, 2.05) is 6.92 Å². The number of rotatable bonds is 8. The van der Waals surface area contributed by atoms with Gasteiger partial charge in [-0.15, -0.1) is 0 Å². The van der Waals surface area contributed by atoms with E-state index in [-0.39, 0.29) is 12.6 Å². The summed E-state index contributed by atoms with van der Waals surface area (Å²) in [6.45, 7) is 7.56. The van der Waals surface area contributed by atoms with Crippen LogP contribution in [0.1, 0.15) is 43.9 Å². The Morgan fingerprint density at radius 2 is 1.60 bits per heavy atom. The number of likely N-dealkylation sites (N-methyl/N-ethyl adjacent to an activating group) is 2. The van der Waals surface area contributed by atoms with E-state index in [1.54, 1.807) is 11.9 Å². The molecule has 20 heavy (non-hydrogen) atoms. The van der Waals surface area contributed by atoms with Crippen LogP contribution in [-0.2, 0) is 0 Å². The molecule has 0 amide bonds. The topological polar surface area (TPSA) is 15.3 Å². The highest BCUT2D eigenvalue weighted by Gasteiger charge is 2.15. The van der Waals surface area contributed by atoms with Gasteiger partial charge in [0, 0.05) is 12.6 Å². The van der Waals surface area contributed by atoms with Crippen LogP contribution in [0.4, 0.5) is 8.78 Å². The van der Waals surface area contributed by atoms with Crippen LogP contribution in [0.25, 0.3) is 0 Å². The van der Waals surface area contributed by atoms with Crippen molar-refractivity contribution in [3.8, 4) is 0 Å². The van der Waals surface area contributed by atoms with Gasteiger partial charge in [-0.3, -0.25) is 4.90 Å². The molecule has 0 bridgehead atoms. The van der Waals surface area contributed by atoms with Crippen LogP contribution in [0.2, 0.25) is 0 Å². The lowest BCUT2D eigenvalue weighted by atomic mass is 9.99. The highest BCUT2D eigenvalue weighted by molar-refractivity contribution is 5.27. The molecule has 0 aliphatic heterocycles. The molecule has 1 aromatic carbocycles. The van der Waals surface area contributed by atoms with Crippen molar-refractivity contribution in [2.45, 2.75) is 39.2 Å². The van der Waals surface area contributed by atoms with Crippen molar-refractivity contribution in [1.82, 2.24) is 10.2 Å². The molecule has 0 heterocycles. The van der Waals surface area contributed by atoms with Crippen molar-refractivity contribution >= 4 is 0 Å². The Morgan fingerprint density at radius 1 is 1.05 bits per heavy atom. The van der Waals surface area contributed by atoms with Gasteiger partial charge in [0.2, 0.25) is 0 Å². The summed E-state index contributed by atoms with van der Waals surface area (Å²) in [4.78, 5) is 1.67. The van der Waals surface area contributed by atoms with Gasteiger partial charge in [-0.1, -0.05) is 45.0 Å². The van der Waals surface area contributed by atoms with E-state index in [4.69, 9.17) is 0 Å². The van der Waals surface area contributed by atoms with Crippen LogP contribution >= 0.6 is 0 Å². The molecule has 4 heteroatoms. The molecular formula is C16H26F2N2. The van der Waals surface area contributed by atoms with Crippen molar-refractivity contribution < 1.29 is 8.78 Å². The summed E-state index contributed by atoms with van der Waals surface area (Å²) in [5.41, 5.74) is 2.45. The maximum Gasteiger partial charge on any atom is 0.251 e. The third-order valence-electron chi connectivity index (χ3n) is 3.40. The highest BCUT2D eigenvalue weighted by atomic mass is 19.3. The Morgan fingerprint density at radius 3 is 2.05 bits per heavy atom. The third kappa shape index (κ3) is 5.55. The molecular weight excluding hydrogens is 258 g/mol. The van der Waals surface area contributed by atoms with Crippen molar-refractivity contribution in [1.29, 1.82) is 0 Å². The number of hydrogen-bond donors (Lipinski definition) is 1. The lowest BCUT2D eigenvalue weighted by molar-refractivity contribution is 0.0959. The smallest absolute Gasteiger partial charge is 0.251 e. The molecule has 0 aromatic heterocycles. The predicted molar refractivity (Wildman–Crippen MR) is 80.4 cm³/mol. The van der Waals surface area contributed by atoms with E-state index in [0.29, 0.717) is 12.5 Å². The molecule has 0 aliphatic carbocycles. The van der Waals surface area contributed by atoms with Crippen molar-refractivity contribution in [2.24, 2.45) is 0 Å². The largest absolute Gasteiger partial charge is 0.309 e. The van der Waals surface area contributed by atoms with E-state index in [2.05, 4.69) is 43.4 Å². The summed E-state index contributed by atoms with van der Waals surface area (Å²) in [6, 6.07) is 8.53. The summed E-state index contributed by atoms with van der Waals surface area (Å²) >= 11 is 0. The lowest BCUT2D eigenvalue weighted by Crippen LogP contribution is -2.35. The van der Waals surface area contributed by atoms with Gasteiger partial charge in [-0.05, 0) is 30.6 Å². The second kappa shape index (κ2) is 8.32. The zero-order valence-corrected chi connectivity index (χ0v) is 12.9. The molecule has 1 rings (SSSR count). The first kappa shape index (κ1) is 17.1. The SMILES string of the molecule is CCNC(CN(C)CC(F)F)c1ccc(C(C)C)cc1. The first-order valence-electron chi connectivity index (χ1n) is 7.24. The first-order chi connectivity index (χ1) is 9.43. The van der Waals surface area contributed by atoms with Crippen LogP contribution < -0.4 is 5.32 Å². The average Bonchev–Trinajstić information content (AvgIpc) is 2.37. The van der Waals surface area contributed by atoms with Gasteiger partial charge in [0.25, 0.3) is 6.43 Å². The fourth-order valence-corrected chi connectivity index (χ4v) is 2.27. The van der Waals surface area contributed by atoms with E-state index < -0.39 is 6.43 Å². The Labute approximate surface area is 121 Å². The molecule has 0 spiro atoms. The molecule has 0 saturated carbocycles. The molecule has 1 aromatic rings. The Kier molecular flexibility index (Phi) is 7.10. The summed E-state index contributed by atoms with van der Waals surface area (Å²) in [7, 11) is 1.74. The maximum absolute atomic E-state index is 12.4. The first-order valence-corrected chi connectivity index (χ1v) is 7.24. The van der Waals surface area contributed by atoms with Gasteiger partial charge in [0.1, 0.15) is 0 Å². The van der Waals surface area contributed by atoms with E-state index in [1.165, 1.54) is 5.56 Å². The standard InChI is InChI=1S/C16H26F2N2/c1-5-19-15(10-20(4)11-16(17)18)14-8-6-13(7-9-14)12(2)3/h6-9,12,15-16,19H,5,10-11H2,1-4H3. The second-order valence-electron chi connectivity index (χ2n) is 5.54. The summed E-state index contributed by atoms with van der Waals surface area (Å²) in [6.07, 6.45) is -2.29. The van der Waals surface area contributed by atoms with E-state index >= 15 is 0 Å². The third-order valence-corrected chi connectivity index (χ3v) is 3.40. The zero-order valence-electron chi connectivity index (χ0n) is 12.9. The normalized spacial score (nSPS) is 13.4. The molecule has 1 N–H and O–H groups in total. The Balaban J connectivity index is 2.74. The monoisotopic (exact) mass is 284 g/mol. The minimum atomic E-state index is -2.29. The fourth-order valence-electron chi connectivity index (χ4n) is 2.27. The number of hydrogen-bond acceptors (Lipinski definition) is 2. The maximum atomic E-state index is 12.4. The van der Waals surface area contributed by atoms with E-state index in [9.17, 15) is 8.78 Å². The molecule has 2 nitrogen and oxygen atoms in total. The number of benzene rings is 1. The van der Waals surface area contributed by atoms with Gasteiger partial charge in [0.05, 0.1) is 6.54 Å². The minimum Gasteiger partial charge on any atom is -0.309 e. The molecule has 0 aliphatic rings. The number of alkyl halides is 2. The molecule has 0 saturated heterocycles. The number of halogens is 2. The fraction of sp³-hybridized carbons (Fsp3) is 0.625. The van der Waals surface area contributed by atoms with Crippen LogP contribution in [0, 0.1) is 0 Å². The van der Waals surface area contributed by atoms with Gasteiger partial charge in [-0.2, -0.15) is 0 Å². The molecule has 114 valence electrons. The highest BCUT2D eigenvalue weighted by Crippen LogP contribution is 2.19. The van der Waals surface area contributed by atoms with Gasteiger partial charge < -0.3 is 5.32 Å². The number of nitrogens with one attached hydrogen (secondary N) is 1. The van der Waals surface area contributed by atoms with Crippen molar-refractivity contribution in [3.05, 3.63) is 35.4 Å². The molecule has 0 fully saturated rings. The van der Waals surface area contributed by atoms with Crippen molar-refractivity contribution in [3.63, 3.8) is 0 Å². The van der Waals surface area contributed by atoms with Crippen molar-refractivity contribution in [2.75, 3.05) is 26.7 Å². The molecule has 0 radical (unpaired) electrons. The van der Waals surface area contributed by atoms with E-state index in [0.717, 1.165) is 12.1 Å².